The minimum Gasteiger partial charge on any atom is -0.319 e. The molecule has 66 valence electrons. The first kappa shape index (κ1) is 8.11. The van der Waals surface area contributed by atoms with Gasteiger partial charge in [0.25, 0.3) is 0 Å². The summed E-state index contributed by atoms with van der Waals surface area (Å²) < 4.78 is 2.10. The molecule has 1 aliphatic carbocycles. The molecule has 0 aliphatic heterocycles. The fraction of sp³-hybridized carbons (Fsp3) is 0.667. The maximum Gasteiger partial charge on any atom is 0.202 e. The summed E-state index contributed by atoms with van der Waals surface area (Å²) in [5, 5.41) is 0.638. The van der Waals surface area contributed by atoms with Crippen LogP contribution in [-0.2, 0) is 6.54 Å². The Morgan fingerprint density at radius 2 is 2.42 bits per heavy atom. The average Bonchev–Trinajstić information content (AvgIpc) is 2.29. The first-order valence-electron chi connectivity index (χ1n) is 4.54. The van der Waals surface area contributed by atoms with Gasteiger partial charge in [0.15, 0.2) is 0 Å². The quantitative estimate of drug-likeness (QED) is 0.691. The van der Waals surface area contributed by atoms with E-state index in [9.17, 15) is 0 Å². The van der Waals surface area contributed by atoms with Crippen LogP contribution in [0, 0.1) is 0 Å². The maximum absolute atomic E-state index is 5.92. The predicted molar refractivity (Wildman–Crippen MR) is 49.5 cm³/mol. The largest absolute Gasteiger partial charge is 0.319 e. The Hall–Kier alpha value is -0.500. The second kappa shape index (κ2) is 3.09. The third-order valence-electron chi connectivity index (χ3n) is 2.68. The maximum atomic E-state index is 5.92. The second-order valence-corrected chi connectivity index (χ2v) is 3.66. The summed E-state index contributed by atoms with van der Waals surface area (Å²) in [4.78, 5) is 4.12. The molecule has 0 atom stereocenters. The van der Waals surface area contributed by atoms with Crippen molar-refractivity contribution in [3.63, 3.8) is 0 Å². The van der Waals surface area contributed by atoms with Gasteiger partial charge in [0.05, 0.1) is 6.20 Å². The zero-order valence-electron chi connectivity index (χ0n) is 7.26. The van der Waals surface area contributed by atoms with E-state index in [0.717, 1.165) is 12.5 Å². The van der Waals surface area contributed by atoms with E-state index in [1.807, 2.05) is 6.20 Å². The average molecular weight is 185 g/mol. The summed E-state index contributed by atoms with van der Waals surface area (Å²) in [7, 11) is 0. The van der Waals surface area contributed by atoms with Gasteiger partial charge in [-0.1, -0.05) is 6.42 Å². The third-order valence-corrected chi connectivity index (χ3v) is 2.98. The molecule has 1 saturated carbocycles. The summed E-state index contributed by atoms with van der Waals surface area (Å²) >= 11 is 5.92. The van der Waals surface area contributed by atoms with Gasteiger partial charge in [-0.05, 0) is 31.4 Å². The molecule has 0 unspecified atom stereocenters. The normalized spacial score (nSPS) is 17.8. The zero-order chi connectivity index (χ0) is 8.55. The molecule has 0 radical (unpaired) electrons. The highest BCUT2D eigenvalue weighted by Gasteiger charge is 2.23. The van der Waals surface area contributed by atoms with Gasteiger partial charge >= 0.3 is 0 Å². The smallest absolute Gasteiger partial charge is 0.202 e. The van der Waals surface area contributed by atoms with Crippen molar-refractivity contribution >= 4 is 11.6 Å². The summed E-state index contributed by atoms with van der Waals surface area (Å²) in [5.74, 6) is 0.727. The van der Waals surface area contributed by atoms with Gasteiger partial charge < -0.3 is 4.57 Å². The van der Waals surface area contributed by atoms with Crippen molar-refractivity contribution in [2.75, 3.05) is 0 Å². The van der Waals surface area contributed by atoms with E-state index in [-0.39, 0.29) is 0 Å². The van der Waals surface area contributed by atoms with Crippen LogP contribution in [0.4, 0.5) is 0 Å². The van der Waals surface area contributed by atoms with E-state index >= 15 is 0 Å². The molecule has 3 heteroatoms. The van der Waals surface area contributed by atoms with Gasteiger partial charge in [-0.3, -0.25) is 0 Å². The van der Waals surface area contributed by atoms with Crippen molar-refractivity contribution < 1.29 is 0 Å². The molecule has 1 aliphatic rings. The number of rotatable bonds is 2. The van der Waals surface area contributed by atoms with E-state index in [1.54, 1.807) is 0 Å². The topological polar surface area (TPSA) is 17.8 Å². The lowest BCUT2D eigenvalue weighted by atomic mass is 9.83. The molecular weight excluding hydrogens is 172 g/mol. The number of hydrogen-bond acceptors (Lipinski definition) is 1. The van der Waals surface area contributed by atoms with Crippen molar-refractivity contribution in [2.45, 2.75) is 38.6 Å². The predicted octanol–water partition coefficient (Wildman–Crippen LogP) is 2.82. The Kier molecular flexibility index (Phi) is 2.09. The summed E-state index contributed by atoms with van der Waals surface area (Å²) in [6, 6.07) is 0. The molecular formula is C9H13ClN2. The lowest BCUT2D eigenvalue weighted by Gasteiger charge is -2.26. The van der Waals surface area contributed by atoms with Gasteiger partial charge in [0.2, 0.25) is 5.28 Å². The third kappa shape index (κ3) is 1.14. The molecule has 2 nitrogen and oxygen atoms in total. The zero-order valence-corrected chi connectivity index (χ0v) is 8.01. The molecule has 0 amide bonds. The van der Waals surface area contributed by atoms with Gasteiger partial charge in [0.1, 0.15) is 0 Å². The van der Waals surface area contributed by atoms with Crippen LogP contribution in [0.1, 0.15) is 37.8 Å². The van der Waals surface area contributed by atoms with Crippen LogP contribution in [0.3, 0.4) is 0 Å². The molecule has 12 heavy (non-hydrogen) atoms. The summed E-state index contributed by atoms with van der Waals surface area (Å²) in [6.45, 7) is 3.04. The van der Waals surface area contributed by atoms with Crippen LogP contribution >= 0.6 is 11.6 Å². The van der Waals surface area contributed by atoms with Gasteiger partial charge in [-0.2, -0.15) is 0 Å². The Bertz CT molecular complexity index is 276. The van der Waals surface area contributed by atoms with Crippen molar-refractivity contribution in [1.82, 2.24) is 9.55 Å². The fourth-order valence-electron chi connectivity index (χ4n) is 1.71. The molecule has 1 heterocycles. The Morgan fingerprint density at radius 3 is 2.92 bits per heavy atom. The van der Waals surface area contributed by atoms with Crippen molar-refractivity contribution in [3.05, 3.63) is 17.2 Å². The van der Waals surface area contributed by atoms with Gasteiger partial charge in [0, 0.05) is 18.2 Å². The first-order valence-corrected chi connectivity index (χ1v) is 4.91. The number of nitrogens with zero attached hydrogens (tertiary/aromatic N) is 2. The van der Waals surface area contributed by atoms with Crippen molar-refractivity contribution in [2.24, 2.45) is 0 Å². The fourth-order valence-corrected chi connectivity index (χ4v) is 1.97. The molecule has 2 rings (SSSR count). The van der Waals surface area contributed by atoms with Crippen molar-refractivity contribution in [3.8, 4) is 0 Å². The van der Waals surface area contributed by atoms with Gasteiger partial charge in [-0.25, -0.2) is 4.98 Å². The van der Waals surface area contributed by atoms with Crippen LogP contribution < -0.4 is 0 Å². The second-order valence-electron chi connectivity index (χ2n) is 3.32. The SMILES string of the molecule is CCn1c(C2CCC2)cnc1Cl. The molecule has 0 spiro atoms. The lowest BCUT2D eigenvalue weighted by molar-refractivity contribution is 0.398. The Balaban J connectivity index is 2.29. The summed E-state index contributed by atoms with van der Waals surface area (Å²) in [5.41, 5.74) is 1.33. The Morgan fingerprint density at radius 1 is 1.67 bits per heavy atom. The highest BCUT2D eigenvalue weighted by atomic mass is 35.5. The molecule has 0 aromatic carbocycles. The molecule has 1 aromatic rings. The van der Waals surface area contributed by atoms with E-state index in [4.69, 9.17) is 11.6 Å². The van der Waals surface area contributed by atoms with Crippen LogP contribution in [0.5, 0.6) is 0 Å². The number of halogens is 1. The van der Waals surface area contributed by atoms with E-state index in [0.29, 0.717) is 5.28 Å². The monoisotopic (exact) mass is 184 g/mol. The standard InChI is InChI=1S/C9H13ClN2/c1-2-12-8(6-11-9(12)10)7-4-3-5-7/h6-7H,2-5H2,1H3. The van der Waals surface area contributed by atoms with Crippen LogP contribution in [0.2, 0.25) is 5.28 Å². The van der Waals surface area contributed by atoms with E-state index in [2.05, 4.69) is 16.5 Å². The molecule has 1 aromatic heterocycles. The van der Waals surface area contributed by atoms with Crippen LogP contribution in [0.15, 0.2) is 6.20 Å². The highest BCUT2D eigenvalue weighted by molar-refractivity contribution is 6.28. The first-order chi connectivity index (χ1) is 5.83. The van der Waals surface area contributed by atoms with Crippen molar-refractivity contribution in [1.29, 1.82) is 0 Å². The van der Waals surface area contributed by atoms with Crippen LogP contribution in [0.25, 0.3) is 0 Å². The lowest BCUT2D eigenvalue weighted by Crippen LogP contribution is -2.13. The molecule has 0 saturated heterocycles. The van der Waals surface area contributed by atoms with Crippen LogP contribution in [-0.4, -0.2) is 9.55 Å². The molecule has 1 fully saturated rings. The minimum atomic E-state index is 0.638. The number of hydrogen-bond donors (Lipinski definition) is 0. The Labute approximate surface area is 77.6 Å². The van der Waals surface area contributed by atoms with E-state index < -0.39 is 0 Å². The molecule has 0 bridgehead atoms. The highest BCUT2D eigenvalue weighted by Crippen LogP contribution is 2.37. The molecule has 0 N–H and O–H groups in total. The number of imidazole rings is 1. The minimum absolute atomic E-state index is 0.638. The summed E-state index contributed by atoms with van der Waals surface area (Å²) in [6.07, 6.45) is 5.90. The number of aromatic nitrogens is 2. The van der Waals surface area contributed by atoms with E-state index in [1.165, 1.54) is 25.0 Å². The van der Waals surface area contributed by atoms with Gasteiger partial charge in [-0.15, -0.1) is 0 Å².